The summed E-state index contributed by atoms with van der Waals surface area (Å²) in [5.41, 5.74) is 0. The minimum absolute atomic E-state index is 0.0204. The van der Waals surface area contributed by atoms with E-state index in [-0.39, 0.29) is 30.2 Å². The van der Waals surface area contributed by atoms with Crippen molar-refractivity contribution < 1.29 is 14.3 Å². The maximum atomic E-state index is 12.3. The van der Waals surface area contributed by atoms with Crippen molar-refractivity contribution in [3.8, 4) is 0 Å². The zero-order valence-electron chi connectivity index (χ0n) is 12.5. The Morgan fingerprint density at radius 1 is 1.33 bits per heavy atom. The number of hydrogen-bond acceptors (Lipinski definition) is 4. The first-order valence-corrected chi connectivity index (χ1v) is 8.14. The van der Waals surface area contributed by atoms with Crippen LogP contribution in [0.2, 0.25) is 5.02 Å². The van der Waals surface area contributed by atoms with Crippen molar-refractivity contribution >= 4 is 35.2 Å². The molecule has 0 aliphatic heterocycles. The van der Waals surface area contributed by atoms with Gasteiger partial charge in [0.1, 0.15) is 6.54 Å². The van der Waals surface area contributed by atoms with E-state index in [1.807, 2.05) is 32.0 Å². The van der Waals surface area contributed by atoms with Crippen LogP contribution in [-0.2, 0) is 14.3 Å². The van der Waals surface area contributed by atoms with E-state index in [2.05, 4.69) is 0 Å². The van der Waals surface area contributed by atoms with Gasteiger partial charge in [0.05, 0.1) is 17.4 Å². The van der Waals surface area contributed by atoms with Gasteiger partial charge < -0.3 is 9.64 Å². The number of benzene rings is 1. The van der Waals surface area contributed by atoms with Gasteiger partial charge in [0.15, 0.2) is 0 Å². The second-order valence-corrected chi connectivity index (χ2v) is 6.06. The highest BCUT2D eigenvalue weighted by Gasteiger charge is 2.21. The van der Waals surface area contributed by atoms with Crippen LogP contribution in [0, 0.1) is 0 Å². The summed E-state index contributed by atoms with van der Waals surface area (Å²) in [6.45, 7) is 5.78. The number of ether oxygens (including phenoxy) is 1. The number of carbonyl (C=O) groups is 2. The molecule has 4 nitrogen and oxygen atoms in total. The van der Waals surface area contributed by atoms with Crippen molar-refractivity contribution in [3.63, 3.8) is 0 Å². The van der Waals surface area contributed by atoms with E-state index in [4.69, 9.17) is 16.3 Å². The van der Waals surface area contributed by atoms with Crippen molar-refractivity contribution in [2.75, 3.05) is 18.9 Å². The third-order valence-electron chi connectivity index (χ3n) is 2.74. The summed E-state index contributed by atoms with van der Waals surface area (Å²) in [6, 6.07) is 7.31. The van der Waals surface area contributed by atoms with Crippen LogP contribution in [0.5, 0.6) is 0 Å². The first kappa shape index (κ1) is 17.9. The third kappa shape index (κ3) is 5.98. The molecule has 1 rings (SSSR count). The van der Waals surface area contributed by atoms with Gasteiger partial charge in [-0.15, -0.1) is 11.8 Å². The van der Waals surface area contributed by atoms with Crippen LogP contribution >= 0.6 is 23.4 Å². The van der Waals surface area contributed by atoms with Crippen LogP contribution in [0.1, 0.15) is 20.8 Å². The fourth-order valence-corrected chi connectivity index (χ4v) is 2.81. The van der Waals surface area contributed by atoms with E-state index in [1.165, 1.54) is 16.7 Å². The van der Waals surface area contributed by atoms with Crippen molar-refractivity contribution in [2.24, 2.45) is 0 Å². The molecule has 0 heterocycles. The summed E-state index contributed by atoms with van der Waals surface area (Å²) in [5, 5.41) is 0.622. The number of carbonyl (C=O) groups excluding carboxylic acids is 2. The smallest absolute Gasteiger partial charge is 0.325 e. The Hall–Kier alpha value is -1.20. The minimum Gasteiger partial charge on any atom is -0.465 e. The van der Waals surface area contributed by atoms with Crippen molar-refractivity contribution in [1.82, 2.24) is 4.90 Å². The number of halogens is 1. The SMILES string of the molecule is CCOC(=O)CN(C(=O)CSc1ccccc1Cl)C(C)C. The topological polar surface area (TPSA) is 46.6 Å². The number of hydrogen-bond donors (Lipinski definition) is 0. The maximum Gasteiger partial charge on any atom is 0.325 e. The molecular weight excluding hydrogens is 310 g/mol. The zero-order chi connectivity index (χ0) is 15.8. The molecule has 0 N–H and O–H groups in total. The van der Waals surface area contributed by atoms with Gasteiger partial charge in [-0.2, -0.15) is 0 Å². The molecule has 0 aliphatic carbocycles. The first-order valence-electron chi connectivity index (χ1n) is 6.78. The molecule has 1 aromatic carbocycles. The maximum absolute atomic E-state index is 12.3. The van der Waals surface area contributed by atoms with Crippen LogP contribution in [0.15, 0.2) is 29.2 Å². The summed E-state index contributed by atoms with van der Waals surface area (Å²) in [4.78, 5) is 26.2. The van der Waals surface area contributed by atoms with Crippen molar-refractivity contribution in [1.29, 1.82) is 0 Å². The molecule has 21 heavy (non-hydrogen) atoms. The second-order valence-electron chi connectivity index (χ2n) is 4.64. The van der Waals surface area contributed by atoms with E-state index in [0.29, 0.717) is 11.6 Å². The van der Waals surface area contributed by atoms with Crippen LogP contribution in [-0.4, -0.2) is 41.7 Å². The van der Waals surface area contributed by atoms with Crippen LogP contribution in [0.4, 0.5) is 0 Å². The zero-order valence-corrected chi connectivity index (χ0v) is 14.0. The molecule has 0 saturated heterocycles. The molecule has 6 heteroatoms. The lowest BCUT2D eigenvalue weighted by Gasteiger charge is -2.25. The molecular formula is C15H20ClNO3S. The molecule has 0 fully saturated rings. The van der Waals surface area contributed by atoms with E-state index in [9.17, 15) is 9.59 Å². The highest BCUT2D eigenvalue weighted by molar-refractivity contribution is 8.00. The number of rotatable bonds is 7. The van der Waals surface area contributed by atoms with Gasteiger partial charge in [-0.25, -0.2) is 0 Å². The average molecular weight is 330 g/mol. The van der Waals surface area contributed by atoms with Crippen molar-refractivity contribution in [2.45, 2.75) is 31.7 Å². The van der Waals surface area contributed by atoms with Gasteiger partial charge in [-0.05, 0) is 32.9 Å². The molecule has 1 amide bonds. The van der Waals surface area contributed by atoms with E-state index in [1.54, 1.807) is 13.0 Å². The summed E-state index contributed by atoms with van der Waals surface area (Å²) in [6.07, 6.45) is 0. The monoisotopic (exact) mass is 329 g/mol. The van der Waals surface area contributed by atoms with E-state index >= 15 is 0 Å². The van der Waals surface area contributed by atoms with Gasteiger partial charge in [0, 0.05) is 10.9 Å². The van der Waals surface area contributed by atoms with Gasteiger partial charge in [0.2, 0.25) is 5.91 Å². The molecule has 0 unspecified atom stereocenters. The molecule has 116 valence electrons. The lowest BCUT2D eigenvalue weighted by atomic mass is 10.3. The van der Waals surface area contributed by atoms with Gasteiger partial charge in [-0.1, -0.05) is 23.7 Å². The Balaban J connectivity index is 2.61. The summed E-state index contributed by atoms with van der Waals surface area (Å²) < 4.78 is 4.89. The van der Waals surface area contributed by atoms with Gasteiger partial charge in [0.25, 0.3) is 0 Å². The average Bonchev–Trinajstić information content (AvgIpc) is 2.43. The number of esters is 1. The lowest BCUT2D eigenvalue weighted by Crippen LogP contribution is -2.42. The van der Waals surface area contributed by atoms with Crippen LogP contribution in [0.3, 0.4) is 0 Å². The summed E-state index contributed by atoms with van der Waals surface area (Å²) in [5.74, 6) is -0.258. The normalized spacial score (nSPS) is 10.5. The van der Waals surface area contributed by atoms with Crippen molar-refractivity contribution in [3.05, 3.63) is 29.3 Å². The predicted octanol–water partition coefficient (Wildman–Crippen LogP) is 3.23. The molecule has 0 aliphatic rings. The highest BCUT2D eigenvalue weighted by atomic mass is 35.5. The Labute approximate surface area is 134 Å². The second kappa shape index (κ2) is 8.95. The summed E-state index contributed by atoms with van der Waals surface area (Å²) in [7, 11) is 0. The predicted molar refractivity (Wildman–Crippen MR) is 85.7 cm³/mol. The molecule has 0 aromatic heterocycles. The van der Waals surface area contributed by atoms with E-state index < -0.39 is 0 Å². The molecule has 0 saturated carbocycles. The molecule has 1 aromatic rings. The fraction of sp³-hybridized carbons (Fsp3) is 0.467. The number of thioether (sulfide) groups is 1. The number of amides is 1. The highest BCUT2D eigenvalue weighted by Crippen LogP contribution is 2.26. The third-order valence-corrected chi connectivity index (χ3v) is 4.24. The quantitative estimate of drug-likeness (QED) is 0.569. The Kier molecular flexibility index (Phi) is 7.61. The fourth-order valence-electron chi connectivity index (χ4n) is 1.69. The Morgan fingerprint density at radius 2 is 2.00 bits per heavy atom. The summed E-state index contributed by atoms with van der Waals surface area (Å²) >= 11 is 7.42. The van der Waals surface area contributed by atoms with Gasteiger partial charge >= 0.3 is 5.97 Å². The largest absolute Gasteiger partial charge is 0.465 e. The first-order chi connectivity index (χ1) is 9.95. The molecule has 0 radical (unpaired) electrons. The van der Waals surface area contributed by atoms with Crippen LogP contribution in [0.25, 0.3) is 0 Å². The molecule has 0 bridgehead atoms. The molecule has 0 atom stereocenters. The Morgan fingerprint density at radius 3 is 2.57 bits per heavy atom. The van der Waals surface area contributed by atoms with Gasteiger partial charge in [-0.3, -0.25) is 9.59 Å². The van der Waals surface area contributed by atoms with E-state index in [0.717, 1.165) is 4.90 Å². The number of nitrogens with zero attached hydrogens (tertiary/aromatic N) is 1. The minimum atomic E-state index is -0.387. The lowest BCUT2D eigenvalue weighted by molar-refractivity contribution is -0.149. The van der Waals surface area contributed by atoms with Crippen LogP contribution < -0.4 is 0 Å². The Bertz CT molecular complexity index is 494. The molecule has 0 spiro atoms. The standard InChI is InChI=1S/C15H20ClNO3S/c1-4-20-15(19)9-17(11(2)3)14(18)10-21-13-8-6-5-7-12(13)16/h5-8,11H,4,9-10H2,1-3H3.